The van der Waals surface area contributed by atoms with E-state index in [1.54, 1.807) is 0 Å². The molecule has 0 radical (unpaired) electrons. The van der Waals surface area contributed by atoms with Crippen LogP contribution in [-0.4, -0.2) is 23.9 Å². The van der Waals surface area contributed by atoms with E-state index in [0.717, 1.165) is 13.2 Å². The highest BCUT2D eigenvalue weighted by atomic mass is 32.1. The molecule has 0 saturated carbocycles. The standard InChI is InChI=1S/C4H8O.CH2OS/c1-2-4-5-3-1;2-1-3/h1-4H2;1H,(H,2,3). The lowest BCUT2D eigenvalue weighted by Gasteiger charge is -1.76. The molecule has 0 unspecified atom stereocenters. The molecule has 0 aromatic rings. The van der Waals surface area contributed by atoms with Gasteiger partial charge in [-0.3, -0.25) is 0 Å². The summed E-state index contributed by atoms with van der Waals surface area (Å²) < 4.78 is 4.94. The second kappa shape index (κ2) is 6.85. The van der Waals surface area contributed by atoms with Crippen molar-refractivity contribution in [3.05, 3.63) is 0 Å². The van der Waals surface area contributed by atoms with Crippen molar-refractivity contribution < 1.29 is 9.84 Å². The van der Waals surface area contributed by atoms with E-state index in [1.165, 1.54) is 12.8 Å². The van der Waals surface area contributed by atoms with Crippen LogP contribution >= 0.6 is 12.2 Å². The third-order valence-corrected chi connectivity index (χ3v) is 0.827. The highest BCUT2D eigenvalue weighted by Gasteiger charge is 1.94. The van der Waals surface area contributed by atoms with Gasteiger partial charge in [0.05, 0.1) is 0 Å². The Bertz CT molecular complexity index is 44.8. The fourth-order valence-corrected chi connectivity index (χ4v) is 0.510. The maximum Gasteiger partial charge on any atom is 0.142 e. The molecule has 1 rings (SSSR count). The van der Waals surface area contributed by atoms with Crippen molar-refractivity contribution in [1.29, 1.82) is 0 Å². The Kier molecular flexibility index (Phi) is 6.72. The summed E-state index contributed by atoms with van der Waals surface area (Å²) in [5.41, 5.74) is 0.583. The Morgan fingerprint density at radius 3 is 1.88 bits per heavy atom. The van der Waals surface area contributed by atoms with Crippen molar-refractivity contribution in [2.75, 3.05) is 13.2 Å². The molecule has 3 heteroatoms. The minimum atomic E-state index is 0.583. The van der Waals surface area contributed by atoms with Gasteiger partial charge in [0.25, 0.3) is 0 Å². The van der Waals surface area contributed by atoms with Crippen LogP contribution in [0.3, 0.4) is 0 Å². The van der Waals surface area contributed by atoms with Crippen molar-refractivity contribution in [2.24, 2.45) is 0 Å². The first kappa shape index (κ1) is 7.85. The Morgan fingerprint density at radius 2 is 1.75 bits per heavy atom. The van der Waals surface area contributed by atoms with Gasteiger partial charge in [0.2, 0.25) is 0 Å². The Morgan fingerprint density at radius 1 is 1.38 bits per heavy atom. The van der Waals surface area contributed by atoms with Gasteiger partial charge in [0.15, 0.2) is 0 Å². The number of hydrogen-bond acceptors (Lipinski definition) is 2. The van der Waals surface area contributed by atoms with Gasteiger partial charge in [-0.2, -0.15) is 0 Å². The maximum atomic E-state index is 7.26. The first-order valence-electron chi connectivity index (χ1n) is 2.57. The molecule has 0 spiro atoms. The van der Waals surface area contributed by atoms with Crippen molar-refractivity contribution in [1.82, 2.24) is 0 Å². The van der Waals surface area contributed by atoms with Crippen molar-refractivity contribution in [2.45, 2.75) is 12.8 Å². The smallest absolute Gasteiger partial charge is 0.142 e. The minimum Gasteiger partial charge on any atom is -0.504 e. The number of aliphatic hydroxyl groups is 1. The normalized spacial score (nSPS) is 16.5. The zero-order valence-electron chi connectivity index (χ0n) is 4.67. The molecule has 0 aromatic heterocycles. The molecule has 48 valence electrons. The molecule has 0 aromatic carbocycles. The quantitative estimate of drug-likeness (QED) is 0.506. The average Bonchev–Trinajstić information content (AvgIpc) is 2.17. The molecule has 8 heavy (non-hydrogen) atoms. The lowest BCUT2D eigenvalue weighted by atomic mass is 10.4. The largest absolute Gasteiger partial charge is 0.504 e. The van der Waals surface area contributed by atoms with E-state index in [0.29, 0.717) is 5.55 Å². The van der Waals surface area contributed by atoms with Crippen LogP contribution in [0, 0.1) is 0 Å². The molecule has 1 aliphatic heterocycles. The molecule has 0 atom stereocenters. The number of hydrogen-bond donors (Lipinski definition) is 1. The van der Waals surface area contributed by atoms with Gasteiger partial charge < -0.3 is 9.84 Å². The minimum absolute atomic E-state index is 0.583. The van der Waals surface area contributed by atoms with Gasteiger partial charge in [-0.25, -0.2) is 0 Å². The fourth-order valence-electron chi connectivity index (χ4n) is 0.510. The molecule has 0 amide bonds. The molecule has 0 aliphatic carbocycles. The van der Waals surface area contributed by atoms with Crippen LogP contribution in [0.5, 0.6) is 0 Å². The first-order valence-corrected chi connectivity index (χ1v) is 3.04. The van der Waals surface area contributed by atoms with Crippen LogP contribution in [0.25, 0.3) is 0 Å². The second-order valence-electron chi connectivity index (χ2n) is 1.42. The summed E-state index contributed by atoms with van der Waals surface area (Å²) in [6, 6.07) is 0. The molecular formula is C5H10O2S. The average molecular weight is 134 g/mol. The van der Waals surface area contributed by atoms with Crippen LogP contribution in [0.2, 0.25) is 0 Å². The molecule has 1 heterocycles. The van der Waals surface area contributed by atoms with E-state index in [4.69, 9.17) is 9.84 Å². The summed E-state index contributed by atoms with van der Waals surface area (Å²) in [4.78, 5) is 0. The van der Waals surface area contributed by atoms with Crippen LogP contribution in [0.4, 0.5) is 0 Å². The monoisotopic (exact) mass is 134 g/mol. The first-order chi connectivity index (χ1) is 3.91. The molecule has 2 nitrogen and oxygen atoms in total. The van der Waals surface area contributed by atoms with Crippen molar-refractivity contribution in [3.63, 3.8) is 0 Å². The summed E-state index contributed by atoms with van der Waals surface area (Å²) in [5.74, 6) is 0. The summed E-state index contributed by atoms with van der Waals surface area (Å²) in [6.45, 7) is 2.00. The van der Waals surface area contributed by atoms with Crippen LogP contribution < -0.4 is 0 Å². The van der Waals surface area contributed by atoms with E-state index in [1.807, 2.05) is 0 Å². The lowest BCUT2D eigenvalue weighted by Crippen LogP contribution is -1.74. The van der Waals surface area contributed by atoms with Crippen LogP contribution in [-0.2, 0) is 4.74 Å². The van der Waals surface area contributed by atoms with E-state index in [9.17, 15) is 0 Å². The predicted molar refractivity (Wildman–Crippen MR) is 36.3 cm³/mol. The number of ether oxygens (including phenoxy) is 1. The highest BCUT2D eigenvalue weighted by Crippen LogP contribution is 1.98. The van der Waals surface area contributed by atoms with Gasteiger partial charge in [-0.05, 0) is 25.1 Å². The molecule has 1 N–H and O–H groups in total. The highest BCUT2D eigenvalue weighted by molar-refractivity contribution is 7.78. The van der Waals surface area contributed by atoms with Gasteiger partial charge in [-0.15, -0.1) is 0 Å². The molecule has 1 saturated heterocycles. The number of aliphatic hydroxyl groups excluding tert-OH is 1. The van der Waals surface area contributed by atoms with Crippen LogP contribution in [0.1, 0.15) is 12.8 Å². The summed E-state index contributed by atoms with van der Waals surface area (Å²) in [7, 11) is 0. The van der Waals surface area contributed by atoms with Crippen molar-refractivity contribution >= 4 is 17.8 Å². The fraction of sp³-hybridized carbons (Fsp3) is 0.800. The number of thiocarbonyl (C=S) groups is 1. The SMILES string of the molecule is C1CCOC1.OC=S. The van der Waals surface area contributed by atoms with Gasteiger partial charge in [-0.1, -0.05) is 0 Å². The van der Waals surface area contributed by atoms with Gasteiger partial charge in [0, 0.05) is 13.2 Å². The van der Waals surface area contributed by atoms with E-state index in [2.05, 4.69) is 12.2 Å². The van der Waals surface area contributed by atoms with Crippen LogP contribution in [0.15, 0.2) is 0 Å². The molecular weight excluding hydrogens is 124 g/mol. The zero-order chi connectivity index (χ0) is 6.24. The lowest BCUT2D eigenvalue weighted by molar-refractivity contribution is 0.198. The summed E-state index contributed by atoms with van der Waals surface area (Å²) in [6.07, 6.45) is 2.56. The summed E-state index contributed by atoms with van der Waals surface area (Å²) in [5, 5.41) is 7.26. The Hall–Kier alpha value is -0.150. The third kappa shape index (κ3) is 5.85. The summed E-state index contributed by atoms with van der Waals surface area (Å²) >= 11 is 3.82. The predicted octanol–water partition coefficient (Wildman–Crippen LogP) is 1.30. The molecule has 0 bridgehead atoms. The maximum absolute atomic E-state index is 7.26. The van der Waals surface area contributed by atoms with E-state index < -0.39 is 0 Å². The van der Waals surface area contributed by atoms with Crippen molar-refractivity contribution in [3.8, 4) is 0 Å². The Balaban J connectivity index is 0.000000145. The number of rotatable bonds is 0. The molecule has 1 aliphatic rings. The Labute approximate surface area is 54.5 Å². The van der Waals surface area contributed by atoms with E-state index >= 15 is 0 Å². The van der Waals surface area contributed by atoms with Gasteiger partial charge in [0.1, 0.15) is 5.55 Å². The van der Waals surface area contributed by atoms with Gasteiger partial charge >= 0.3 is 0 Å². The topological polar surface area (TPSA) is 29.5 Å². The third-order valence-electron chi connectivity index (χ3n) is 0.827. The molecule has 1 fully saturated rings. The zero-order valence-corrected chi connectivity index (χ0v) is 5.49. The second-order valence-corrected chi connectivity index (χ2v) is 1.64. The van der Waals surface area contributed by atoms with E-state index in [-0.39, 0.29) is 0 Å².